The van der Waals surface area contributed by atoms with Crippen molar-refractivity contribution in [1.29, 1.82) is 0 Å². The first-order valence-corrected chi connectivity index (χ1v) is 7.31. The van der Waals surface area contributed by atoms with Gasteiger partial charge in [0.25, 0.3) is 0 Å². The molecule has 2 aromatic carbocycles. The molecule has 3 nitrogen and oxygen atoms in total. The summed E-state index contributed by atoms with van der Waals surface area (Å²) in [6, 6.07) is 11.4. The van der Waals surface area contributed by atoms with E-state index in [1.54, 1.807) is 13.2 Å². The van der Waals surface area contributed by atoms with Gasteiger partial charge < -0.3 is 14.6 Å². The minimum atomic E-state index is -0.650. The molecule has 1 aliphatic rings. The van der Waals surface area contributed by atoms with Crippen molar-refractivity contribution in [2.45, 2.75) is 18.9 Å². The largest absolute Gasteiger partial charge is 0.497 e. The topological polar surface area (TPSA) is 38.7 Å². The first kappa shape index (κ1) is 14.2. The summed E-state index contributed by atoms with van der Waals surface area (Å²) >= 11 is 6.14. The minimum Gasteiger partial charge on any atom is -0.497 e. The molecule has 0 bridgehead atoms. The zero-order chi connectivity index (χ0) is 14.8. The third-order valence-corrected chi connectivity index (χ3v) is 3.92. The lowest BCUT2D eigenvalue weighted by atomic mass is 9.98. The van der Waals surface area contributed by atoms with Crippen molar-refractivity contribution >= 4 is 11.6 Å². The quantitative estimate of drug-likeness (QED) is 0.938. The molecular weight excluding hydrogens is 288 g/mol. The van der Waals surface area contributed by atoms with Gasteiger partial charge in [-0.25, -0.2) is 0 Å². The maximum absolute atomic E-state index is 10.5. The van der Waals surface area contributed by atoms with Crippen LogP contribution in [0.1, 0.15) is 22.8 Å². The summed E-state index contributed by atoms with van der Waals surface area (Å²) in [6.45, 7) is 0.647. The predicted octanol–water partition coefficient (Wildman–Crippen LogP) is 3.56. The highest BCUT2D eigenvalue weighted by Gasteiger charge is 2.22. The zero-order valence-corrected chi connectivity index (χ0v) is 12.6. The van der Waals surface area contributed by atoms with Gasteiger partial charge in [0.2, 0.25) is 0 Å². The Kier molecular flexibility index (Phi) is 4.04. The molecule has 0 spiro atoms. The van der Waals surface area contributed by atoms with Crippen LogP contribution in [0, 0.1) is 0 Å². The number of benzene rings is 2. The fraction of sp³-hybridized carbons (Fsp3) is 0.294. The Morgan fingerprint density at radius 2 is 2.19 bits per heavy atom. The first-order chi connectivity index (χ1) is 10.2. The highest BCUT2D eigenvalue weighted by molar-refractivity contribution is 6.30. The molecule has 0 aliphatic carbocycles. The summed E-state index contributed by atoms with van der Waals surface area (Å²) in [5, 5.41) is 11.2. The number of fused-ring (bicyclic) bond motifs is 1. The normalized spacial score (nSPS) is 14.4. The predicted molar refractivity (Wildman–Crippen MR) is 82.3 cm³/mol. The summed E-state index contributed by atoms with van der Waals surface area (Å²) in [4.78, 5) is 0. The van der Waals surface area contributed by atoms with E-state index in [-0.39, 0.29) is 0 Å². The van der Waals surface area contributed by atoms with Gasteiger partial charge in [-0.3, -0.25) is 0 Å². The van der Waals surface area contributed by atoms with Crippen LogP contribution in [0.2, 0.25) is 5.02 Å². The lowest BCUT2D eigenvalue weighted by Gasteiger charge is -2.15. The van der Waals surface area contributed by atoms with E-state index in [0.29, 0.717) is 18.1 Å². The smallest absolute Gasteiger partial charge is 0.128 e. The van der Waals surface area contributed by atoms with Crippen molar-refractivity contribution in [3.05, 3.63) is 58.1 Å². The molecular formula is C17H17ClO3. The summed E-state index contributed by atoms with van der Waals surface area (Å²) in [7, 11) is 1.63. The highest BCUT2D eigenvalue weighted by Crippen LogP contribution is 2.37. The fourth-order valence-electron chi connectivity index (χ4n) is 2.68. The van der Waals surface area contributed by atoms with Crippen LogP contribution in [-0.4, -0.2) is 18.8 Å². The third kappa shape index (κ3) is 2.99. The van der Waals surface area contributed by atoms with E-state index in [0.717, 1.165) is 34.6 Å². The number of halogens is 1. The Balaban J connectivity index is 1.87. The molecule has 1 aliphatic heterocycles. The molecule has 1 atom stereocenters. The Labute approximate surface area is 129 Å². The van der Waals surface area contributed by atoms with Gasteiger partial charge in [-0.2, -0.15) is 0 Å². The minimum absolute atomic E-state index is 0.493. The molecule has 3 rings (SSSR count). The Morgan fingerprint density at radius 1 is 1.33 bits per heavy atom. The fourth-order valence-corrected chi connectivity index (χ4v) is 2.93. The number of rotatable bonds is 4. The molecule has 0 fully saturated rings. The monoisotopic (exact) mass is 304 g/mol. The molecule has 4 heteroatoms. The van der Waals surface area contributed by atoms with Gasteiger partial charge in [0, 0.05) is 23.4 Å². The van der Waals surface area contributed by atoms with Gasteiger partial charge in [-0.1, -0.05) is 23.7 Å². The SMILES string of the molecule is COc1cccc(CC(O)c2cc(Cl)cc3c2OCC3)c1. The molecule has 0 saturated heterocycles. The lowest BCUT2D eigenvalue weighted by Crippen LogP contribution is -2.04. The van der Waals surface area contributed by atoms with Crippen LogP contribution in [0.3, 0.4) is 0 Å². The molecule has 1 unspecified atom stereocenters. The molecule has 1 N–H and O–H groups in total. The number of methoxy groups -OCH3 is 1. The van der Waals surface area contributed by atoms with Crippen molar-refractivity contribution in [3.8, 4) is 11.5 Å². The van der Waals surface area contributed by atoms with Crippen LogP contribution in [0.4, 0.5) is 0 Å². The molecule has 110 valence electrons. The van der Waals surface area contributed by atoms with Crippen LogP contribution < -0.4 is 9.47 Å². The molecule has 0 saturated carbocycles. The van der Waals surface area contributed by atoms with Crippen LogP contribution >= 0.6 is 11.6 Å². The molecule has 21 heavy (non-hydrogen) atoms. The van der Waals surface area contributed by atoms with E-state index in [2.05, 4.69) is 0 Å². The average molecular weight is 305 g/mol. The van der Waals surface area contributed by atoms with E-state index >= 15 is 0 Å². The van der Waals surface area contributed by atoms with E-state index in [1.165, 1.54) is 0 Å². The zero-order valence-electron chi connectivity index (χ0n) is 11.8. The number of hydrogen-bond donors (Lipinski definition) is 1. The van der Waals surface area contributed by atoms with Gasteiger partial charge in [0.15, 0.2) is 0 Å². The maximum Gasteiger partial charge on any atom is 0.128 e. The molecule has 0 aromatic heterocycles. The number of aliphatic hydroxyl groups is 1. The lowest BCUT2D eigenvalue weighted by molar-refractivity contribution is 0.173. The van der Waals surface area contributed by atoms with E-state index in [9.17, 15) is 5.11 Å². The second kappa shape index (κ2) is 5.96. The third-order valence-electron chi connectivity index (χ3n) is 3.70. The highest BCUT2D eigenvalue weighted by atomic mass is 35.5. The molecule has 2 aromatic rings. The Bertz CT molecular complexity index is 654. The second-order valence-corrected chi connectivity index (χ2v) is 5.59. The van der Waals surface area contributed by atoms with Crippen molar-refractivity contribution in [1.82, 2.24) is 0 Å². The van der Waals surface area contributed by atoms with Crippen molar-refractivity contribution < 1.29 is 14.6 Å². The number of hydrogen-bond acceptors (Lipinski definition) is 3. The molecule has 0 amide bonds. The first-order valence-electron chi connectivity index (χ1n) is 6.93. The van der Waals surface area contributed by atoms with E-state index < -0.39 is 6.10 Å². The Morgan fingerprint density at radius 3 is 3.00 bits per heavy atom. The Hall–Kier alpha value is -1.71. The van der Waals surface area contributed by atoms with Crippen LogP contribution in [0.25, 0.3) is 0 Å². The van der Waals surface area contributed by atoms with E-state index in [4.69, 9.17) is 21.1 Å². The number of ether oxygens (including phenoxy) is 2. The van der Waals surface area contributed by atoms with Crippen molar-refractivity contribution in [2.75, 3.05) is 13.7 Å². The average Bonchev–Trinajstić information content (AvgIpc) is 2.94. The standard InChI is InChI=1S/C17H17ClO3/c1-20-14-4-2-3-11(7-14)8-16(19)15-10-13(18)9-12-5-6-21-17(12)15/h2-4,7,9-10,16,19H,5-6,8H2,1H3. The molecule has 1 heterocycles. The van der Waals surface area contributed by atoms with Crippen LogP contribution in [0.5, 0.6) is 11.5 Å². The van der Waals surface area contributed by atoms with Gasteiger partial charge in [0.05, 0.1) is 19.8 Å². The molecule has 0 radical (unpaired) electrons. The summed E-state index contributed by atoms with van der Waals surface area (Å²) in [6.07, 6.45) is 0.685. The van der Waals surface area contributed by atoms with Gasteiger partial charge >= 0.3 is 0 Å². The second-order valence-electron chi connectivity index (χ2n) is 5.15. The number of aliphatic hydroxyl groups excluding tert-OH is 1. The van der Waals surface area contributed by atoms with Gasteiger partial charge in [0.1, 0.15) is 11.5 Å². The van der Waals surface area contributed by atoms with Gasteiger partial charge in [-0.15, -0.1) is 0 Å². The summed E-state index contributed by atoms with van der Waals surface area (Å²) in [5.41, 5.74) is 2.84. The summed E-state index contributed by atoms with van der Waals surface area (Å²) < 4.78 is 10.9. The maximum atomic E-state index is 10.5. The van der Waals surface area contributed by atoms with E-state index in [1.807, 2.05) is 30.3 Å². The van der Waals surface area contributed by atoms with Crippen LogP contribution in [-0.2, 0) is 12.8 Å². The van der Waals surface area contributed by atoms with Gasteiger partial charge in [-0.05, 0) is 35.4 Å². The van der Waals surface area contributed by atoms with Crippen LogP contribution in [0.15, 0.2) is 36.4 Å². The van der Waals surface area contributed by atoms with Crippen molar-refractivity contribution in [3.63, 3.8) is 0 Å². The van der Waals surface area contributed by atoms with Crippen molar-refractivity contribution in [2.24, 2.45) is 0 Å². The summed E-state index contributed by atoms with van der Waals surface area (Å²) in [5.74, 6) is 1.57.